The van der Waals surface area contributed by atoms with Crippen molar-refractivity contribution in [3.05, 3.63) is 65.2 Å². The Morgan fingerprint density at radius 2 is 1.92 bits per heavy atom. The molecule has 0 radical (unpaired) electrons. The molecule has 2 N–H and O–H groups in total. The van der Waals surface area contributed by atoms with Crippen molar-refractivity contribution in [3.8, 4) is 11.5 Å². The van der Waals surface area contributed by atoms with E-state index in [1.165, 1.54) is 6.08 Å². The van der Waals surface area contributed by atoms with Gasteiger partial charge in [-0.15, -0.1) is 0 Å². The van der Waals surface area contributed by atoms with E-state index in [9.17, 15) is 15.0 Å². The van der Waals surface area contributed by atoms with Crippen LogP contribution >= 0.6 is 0 Å². The molecule has 1 aliphatic heterocycles. The first-order chi connectivity index (χ1) is 11.4. The Bertz CT molecular complexity index is 785. The Labute approximate surface area is 141 Å². The lowest BCUT2D eigenvalue weighted by atomic mass is 9.95. The van der Waals surface area contributed by atoms with Crippen LogP contribution in [0.15, 0.2) is 48.5 Å². The maximum absolute atomic E-state index is 12.4. The average molecular weight is 324 g/mol. The Kier molecular flexibility index (Phi) is 4.16. The van der Waals surface area contributed by atoms with Gasteiger partial charge < -0.3 is 14.9 Å². The molecule has 1 heterocycles. The number of ketones is 1. The summed E-state index contributed by atoms with van der Waals surface area (Å²) in [5.41, 5.74) is 0.696. The molecule has 2 aromatic rings. The summed E-state index contributed by atoms with van der Waals surface area (Å²) in [6.45, 7) is 3.32. The summed E-state index contributed by atoms with van der Waals surface area (Å²) in [4.78, 5) is 12.4. The van der Waals surface area contributed by atoms with Gasteiger partial charge in [0.15, 0.2) is 5.78 Å². The van der Waals surface area contributed by atoms with Crippen LogP contribution in [0.2, 0.25) is 0 Å². The summed E-state index contributed by atoms with van der Waals surface area (Å²) < 4.78 is 5.68. The zero-order valence-corrected chi connectivity index (χ0v) is 13.7. The maximum atomic E-state index is 12.4. The molecule has 0 saturated carbocycles. The third-order valence-corrected chi connectivity index (χ3v) is 4.18. The van der Waals surface area contributed by atoms with Crippen molar-refractivity contribution >= 4 is 11.9 Å². The molecule has 0 aliphatic carbocycles. The molecule has 0 fully saturated rings. The largest absolute Gasteiger partial charge is 0.507 e. The Balaban J connectivity index is 1.84. The molecule has 24 heavy (non-hydrogen) atoms. The fraction of sp³-hybridized carbons (Fsp3) is 0.250. The number of carbonyl (C=O) groups is 1. The minimum atomic E-state index is -1.02. The van der Waals surface area contributed by atoms with Gasteiger partial charge in [0.25, 0.3) is 0 Å². The topological polar surface area (TPSA) is 66.8 Å². The van der Waals surface area contributed by atoms with Crippen LogP contribution in [0.3, 0.4) is 0 Å². The van der Waals surface area contributed by atoms with Gasteiger partial charge in [-0.2, -0.15) is 0 Å². The number of aliphatic hydroxyl groups is 1. The van der Waals surface area contributed by atoms with Gasteiger partial charge >= 0.3 is 0 Å². The number of phenols is 1. The Morgan fingerprint density at radius 1 is 1.21 bits per heavy atom. The van der Waals surface area contributed by atoms with Crippen molar-refractivity contribution in [3.63, 3.8) is 0 Å². The van der Waals surface area contributed by atoms with Gasteiger partial charge in [-0.25, -0.2) is 0 Å². The average Bonchev–Trinajstić information content (AvgIpc) is 2.99. The van der Waals surface area contributed by atoms with Crippen LogP contribution in [0.1, 0.15) is 35.3 Å². The van der Waals surface area contributed by atoms with Crippen LogP contribution in [-0.2, 0) is 6.42 Å². The molecule has 0 bridgehead atoms. The molecule has 124 valence electrons. The molecule has 1 atom stereocenters. The third-order valence-electron chi connectivity index (χ3n) is 4.18. The van der Waals surface area contributed by atoms with Crippen LogP contribution in [0.5, 0.6) is 11.5 Å². The number of hydrogen-bond donors (Lipinski definition) is 2. The van der Waals surface area contributed by atoms with E-state index in [1.54, 1.807) is 32.1 Å². The van der Waals surface area contributed by atoms with Crippen LogP contribution in [0.4, 0.5) is 0 Å². The standard InChI is InChI=1S/C20H20O4/c1-20(2,23)18-12-15-17(24-18)11-9-14(19(15)22)16(21)10-8-13-6-4-3-5-7-13/h3-11,18,22-23H,12H2,1-2H3/b10-8+. The highest BCUT2D eigenvalue weighted by atomic mass is 16.5. The summed E-state index contributed by atoms with van der Waals surface area (Å²) in [6, 6.07) is 12.7. The van der Waals surface area contributed by atoms with Gasteiger partial charge in [-0.3, -0.25) is 4.79 Å². The van der Waals surface area contributed by atoms with Crippen molar-refractivity contribution in [2.45, 2.75) is 32.0 Å². The van der Waals surface area contributed by atoms with E-state index in [1.807, 2.05) is 30.3 Å². The summed E-state index contributed by atoms with van der Waals surface area (Å²) in [6.07, 6.45) is 3.09. The number of hydrogen-bond acceptors (Lipinski definition) is 4. The number of aromatic hydroxyl groups is 1. The first kappa shape index (κ1) is 16.3. The fourth-order valence-electron chi connectivity index (χ4n) is 2.72. The highest BCUT2D eigenvalue weighted by Crippen LogP contribution is 2.40. The molecule has 4 heteroatoms. The Morgan fingerprint density at radius 3 is 2.58 bits per heavy atom. The molecule has 3 rings (SSSR count). The van der Waals surface area contributed by atoms with Gasteiger partial charge in [0, 0.05) is 12.0 Å². The minimum absolute atomic E-state index is 0.0676. The van der Waals surface area contributed by atoms with Crippen molar-refractivity contribution in [2.24, 2.45) is 0 Å². The van der Waals surface area contributed by atoms with Crippen LogP contribution in [0, 0.1) is 0 Å². The van der Waals surface area contributed by atoms with Crippen LogP contribution in [0.25, 0.3) is 6.08 Å². The molecule has 4 nitrogen and oxygen atoms in total. The SMILES string of the molecule is CC(C)(O)C1Cc2c(ccc(C(=O)/C=C/c3ccccc3)c2O)O1. The Hall–Kier alpha value is -2.59. The predicted octanol–water partition coefficient (Wildman–Crippen LogP) is 3.36. The molecule has 0 spiro atoms. The van der Waals surface area contributed by atoms with Crippen molar-refractivity contribution in [1.82, 2.24) is 0 Å². The van der Waals surface area contributed by atoms with Crippen LogP contribution in [-0.4, -0.2) is 27.7 Å². The highest BCUT2D eigenvalue weighted by molar-refractivity contribution is 6.09. The molecular formula is C20H20O4. The molecule has 0 amide bonds. The second-order valence-corrected chi connectivity index (χ2v) is 6.51. The number of rotatable bonds is 4. The maximum Gasteiger partial charge on any atom is 0.189 e. The van der Waals surface area contributed by atoms with E-state index in [0.717, 1.165) is 5.56 Å². The first-order valence-corrected chi connectivity index (χ1v) is 7.87. The molecule has 0 aromatic heterocycles. The number of ether oxygens (including phenoxy) is 1. The van der Waals surface area contributed by atoms with Gasteiger partial charge in [0.1, 0.15) is 17.6 Å². The van der Waals surface area contributed by atoms with E-state index in [4.69, 9.17) is 4.74 Å². The van der Waals surface area contributed by atoms with E-state index >= 15 is 0 Å². The van der Waals surface area contributed by atoms with Crippen molar-refractivity contribution < 1.29 is 19.7 Å². The van der Waals surface area contributed by atoms with Gasteiger partial charge in [-0.1, -0.05) is 36.4 Å². The smallest absolute Gasteiger partial charge is 0.189 e. The summed E-state index contributed by atoms with van der Waals surface area (Å²) >= 11 is 0. The van der Waals surface area contributed by atoms with E-state index in [0.29, 0.717) is 17.7 Å². The van der Waals surface area contributed by atoms with Crippen molar-refractivity contribution in [2.75, 3.05) is 0 Å². The van der Waals surface area contributed by atoms with Crippen molar-refractivity contribution in [1.29, 1.82) is 0 Å². The first-order valence-electron chi connectivity index (χ1n) is 7.87. The monoisotopic (exact) mass is 324 g/mol. The van der Waals surface area contributed by atoms with Gasteiger partial charge in [0.05, 0.1) is 11.2 Å². The highest BCUT2D eigenvalue weighted by Gasteiger charge is 2.37. The lowest BCUT2D eigenvalue weighted by molar-refractivity contribution is -0.0229. The number of benzene rings is 2. The number of phenolic OH excluding ortho intramolecular Hbond substituents is 1. The minimum Gasteiger partial charge on any atom is -0.507 e. The van der Waals surface area contributed by atoms with E-state index in [2.05, 4.69) is 0 Å². The molecule has 2 aromatic carbocycles. The van der Waals surface area contributed by atoms with E-state index < -0.39 is 11.7 Å². The molecular weight excluding hydrogens is 304 g/mol. The summed E-state index contributed by atoms with van der Waals surface area (Å²) in [7, 11) is 0. The molecule has 1 unspecified atom stereocenters. The lowest BCUT2D eigenvalue weighted by Crippen LogP contribution is -2.39. The number of carbonyl (C=O) groups excluding carboxylic acids is 1. The molecule has 1 aliphatic rings. The number of fused-ring (bicyclic) bond motifs is 1. The molecule has 0 saturated heterocycles. The number of allylic oxidation sites excluding steroid dienone is 1. The quantitative estimate of drug-likeness (QED) is 0.668. The second-order valence-electron chi connectivity index (χ2n) is 6.51. The predicted molar refractivity (Wildman–Crippen MR) is 92.3 cm³/mol. The summed E-state index contributed by atoms with van der Waals surface area (Å²) in [5.74, 6) is 0.177. The van der Waals surface area contributed by atoms with Gasteiger partial charge in [-0.05, 0) is 37.6 Å². The zero-order chi connectivity index (χ0) is 17.3. The fourth-order valence-corrected chi connectivity index (χ4v) is 2.72. The normalized spacial score (nSPS) is 16.9. The summed E-state index contributed by atoms with van der Waals surface area (Å²) in [5, 5.41) is 20.5. The third kappa shape index (κ3) is 3.19. The zero-order valence-electron chi connectivity index (χ0n) is 13.7. The second kappa shape index (κ2) is 6.13. The van der Waals surface area contributed by atoms with Crippen LogP contribution < -0.4 is 4.74 Å². The lowest BCUT2D eigenvalue weighted by Gasteiger charge is -2.24. The van der Waals surface area contributed by atoms with Gasteiger partial charge in [0.2, 0.25) is 0 Å². The van der Waals surface area contributed by atoms with E-state index in [-0.39, 0.29) is 17.1 Å².